The molecule has 0 radical (unpaired) electrons. The van der Waals surface area contributed by atoms with Crippen molar-refractivity contribution in [2.45, 2.75) is 6.54 Å². The largest absolute Gasteiger partial charge is 0.423 e. The van der Waals surface area contributed by atoms with Gasteiger partial charge in [-0.3, -0.25) is 0 Å². The lowest BCUT2D eigenvalue weighted by Gasteiger charge is -2.06. The Kier molecular flexibility index (Phi) is 3.96. The van der Waals surface area contributed by atoms with Crippen molar-refractivity contribution < 1.29 is 9.13 Å². The minimum atomic E-state index is -0.547. The van der Waals surface area contributed by atoms with E-state index < -0.39 is 6.67 Å². The fourth-order valence-electron chi connectivity index (χ4n) is 1.23. The quantitative estimate of drug-likeness (QED) is 0.866. The molecule has 0 atom stereocenters. The molecule has 0 aliphatic carbocycles. The average molecular weight is 321 g/mol. The van der Waals surface area contributed by atoms with Crippen LogP contribution >= 0.6 is 27.5 Å². The molecule has 0 fully saturated rings. The maximum Gasteiger partial charge on any atom is 0.321 e. The summed E-state index contributed by atoms with van der Waals surface area (Å²) in [4.78, 5) is 3.99. The number of halogens is 3. The third-order valence-corrected chi connectivity index (χ3v) is 2.59. The summed E-state index contributed by atoms with van der Waals surface area (Å²) in [6, 6.07) is 7.17. The van der Waals surface area contributed by atoms with Crippen LogP contribution < -0.4 is 4.74 Å². The van der Waals surface area contributed by atoms with Gasteiger partial charge in [-0.05, 0) is 28.1 Å². The lowest BCUT2D eigenvalue weighted by atomic mass is 10.3. The predicted octanol–water partition coefficient (Wildman–Crippen LogP) is 3.46. The van der Waals surface area contributed by atoms with Crippen LogP contribution in [0, 0.1) is 0 Å². The van der Waals surface area contributed by atoms with E-state index in [4.69, 9.17) is 16.3 Å². The third kappa shape index (κ3) is 2.95. The molecule has 0 spiro atoms. The van der Waals surface area contributed by atoms with Gasteiger partial charge in [-0.15, -0.1) is 5.10 Å². The van der Waals surface area contributed by atoms with Crippen LogP contribution in [0.1, 0.15) is 0 Å². The molecule has 90 valence electrons. The van der Waals surface area contributed by atoms with Crippen molar-refractivity contribution in [3.05, 3.63) is 34.0 Å². The monoisotopic (exact) mass is 319 g/mol. The molecule has 0 saturated carbocycles. The van der Waals surface area contributed by atoms with Gasteiger partial charge in [0, 0.05) is 0 Å². The summed E-state index contributed by atoms with van der Waals surface area (Å²) in [5.74, 6) is 0.453. The summed E-state index contributed by atoms with van der Waals surface area (Å²) in [7, 11) is 0. The summed E-state index contributed by atoms with van der Waals surface area (Å²) in [5.41, 5.74) is 0. The van der Waals surface area contributed by atoms with E-state index in [1.165, 1.54) is 4.68 Å². The first-order valence-electron chi connectivity index (χ1n) is 4.79. The van der Waals surface area contributed by atoms with Crippen LogP contribution in [0.15, 0.2) is 29.0 Å². The highest BCUT2D eigenvalue weighted by molar-refractivity contribution is 9.10. The molecule has 0 aliphatic rings. The molecule has 1 heterocycles. The zero-order valence-electron chi connectivity index (χ0n) is 8.61. The van der Waals surface area contributed by atoms with Crippen molar-refractivity contribution in [3.8, 4) is 11.8 Å². The highest BCUT2D eigenvalue weighted by atomic mass is 79.9. The van der Waals surface area contributed by atoms with Crippen LogP contribution in [0.25, 0.3) is 0 Å². The predicted molar refractivity (Wildman–Crippen MR) is 65.2 cm³/mol. The minimum absolute atomic E-state index is 0.0817. The number of benzene rings is 1. The van der Waals surface area contributed by atoms with Crippen LogP contribution in [0.5, 0.6) is 11.8 Å². The van der Waals surface area contributed by atoms with Crippen molar-refractivity contribution in [2.24, 2.45) is 0 Å². The standard InChI is InChI=1S/C10H8BrClFN3O/c11-9-14-10(16(15-9)6-5-13)17-8-4-2-1-3-7(8)12/h1-4H,5-6H2. The van der Waals surface area contributed by atoms with Gasteiger partial charge in [-0.25, -0.2) is 9.07 Å². The molecule has 0 unspecified atom stereocenters. The van der Waals surface area contributed by atoms with Crippen LogP contribution in [0.3, 0.4) is 0 Å². The number of hydrogen-bond acceptors (Lipinski definition) is 3. The zero-order valence-corrected chi connectivity index (χ0v) is 10.9. The summed E-state index contributed by atoms with van der Waals surface area (Å²) in [5, 5.41) is 4.40. The number of aryl methyl sites for hydroxylation is 1. The van der Waals surface area contributed by atoms with Crippen LogP contribution in [-0.2, 0) is 6.54 Å². The Labute approximate surface area is 110 Å². The fourth-order valence-corrected chi connectivity index (χ4v) is 1.75. The normalized spacial score (nSPS) is 10.5. The number of nitrogens with zero attached hydrogens (tertiary/aromatic N) is 3. The third-order valence-electron chi connectivity index (χ3n) is 1.95. The van der Waals surface area contributed by atoms with Gasteiger partial charge >= 0.3 is 6.01 Å². The van der Waals surface area contributed by atoms with E-state index in [0.29, 0.717) is 15.5 Å². The van der Waals surface area contributed by atoms with E-state index in [-0.39, 0.29) is 12.6 Å². The number of rotatable bonds is 4. The van der Waals surface area contributed by atoms with Gasteiger partial charge in [-0.2, -0.15) is 4.98 Å². The SMILES string of the molecule is FCCn1nc(Br)nc1Oc1ccccc1Cl. The molecule has 17 heavy (non-hydrogen) atoms. The number of alkyl halides is 1. The molecule has 2 rings (SSSR count). The Morgan fingerprint density at radius 3 is 2.88 bits per heavy atom. The van der Waals surface area contributed by atoms with E-state index in [1.807, 2.05) is 0 Å². The van der Waals surface area contributed by atoms with Gasteiger partial charge in [0.05, 0.1) is 11.6 Å². The van der Waals surface area contributed by atoms with Gasteiger partial charge in [-0.1, -0.05) is 23.7 Å². The molecule has 2 aromatic rings. The van der Waals surface area contributed by atoms with Gasteiger partial charge in [0.15, 0.2) is 0 Å². The Morgan fingerprint density at radius 2 is 2.18 bits per heavy atom. The van der Waals surface area contributed by atoms with Crippen molar-refractivity contribution in [1.82, 2.24) is 14.8 Å². The van der Waals surface area contributed by atoms with Crippen LogP contribution in [0.4, 0.5) is 4.39 Å². The summed E-state index contributed by atoms with van der Waals surface area (Å²) in [6.45, 7) is -0.465. The lowest BCUT2D eigenvalue weighted by molar-refractivity contribution is 0.363. The van der Waals surface area contributed by atoms with E-state index >= 15 is 0 Å². The Bertz CT molecular complexity index is 520. The molecule has 0 bridgehead atoms. The highest BCUT2D eigenvalue weighted by Gasteiger charge is 2.11. The molecule has 1 aromatic carbocycles. The van der Waals surface area contributed by atoms with E-state index in [9.17, 15) is 4.39 Å². The molecule has 0 amide bonds. The molecule has 7 heteroatoms. The molecule has 0 aliphatic heterocycles. The van der Waals surface area contributed by atoms with Gasteiger partial charge < -0.3 is 4.74 Å². The van der Waals surface area contributed by atoms with Crippen molar-refractivity contribution in [1.29, 1.82) is 0 Å². The maximum atomic E-state index is 12.3. The lowest BCUT2D eigenvalue weighted by Crippen LogP contribution is -2.04. The first kappa shape index (κ1) is 12.3. The second kappa shape index (κ2) is 5.46. The van der Waals surface area contributed by atoms with Crippen LogP contribution in [0.2, 0.25) is 5.02 Å². The molecule has 0 N–H and O–H groups in total. The minimum Gasteiger partial charge on any atom is -0.423 e. The second-order valence-corrected chi connectivity index (χ2v) is 4.22. The van der Waals surface area contributed by atoms with E-state index in [1.54, 1.807) is 24.3 Å². The van der Waals surface area contributed by atoms with Crippen molar-refractivity contribution in [3.63, 3.8) is 0 Å². The number of para-hydroxylation sites is 1. The Morgan fingerprint density at radius 1 is 1.41 bits per heavy atom. The van der Waals surface area contributed by atoms with E-state index in [0.717, 1.165) is 0 Å². The highest BCUT2D eigenvalue weighted by Crippen LogP contribution is 2.28. The van der Waals surface area contributed by atoms with Crippen molar-refractivity contribution >= 4 is 27.5 Å². The Hall–Kier alpha value is -1.14. The summed E-state index contributed by atoms with van der Waals surface area (Å²) >= 11 is 9.05. The van der Waals surface area contributed by atoms with Crippen molar-refractivity contribution in [2.75, 3.05) is 6.67 Å². The molecule has 4 nitrogen and oxygen atoms in total. The van der Waals surface area contributed by atoms with E-state index in [2.05, 4.69) is 26.0 Å². The average Bonchev–Trinajstić information content (AvgIpc) is 2.63. The maximum absolute atomic E-state index is 12.3. The number of ether oxygens (including phenoxy) is 1. The smallest absolute Gasteiger partial charge is 0.321 e. The summed E-state index contributed by atoms with van der Waals surface area (Å²) in [6.07, 6.45) is 0. The van der Waals surface area contributed by atoms with Crippen LogP contribution in [-0.4, -0.2) is 21.4 Å². The molecular formula is C10H8BrClFN3O. The van der Waals surface area contributed by atoms with Gasteiger partial charge in [0.2, 0.25) is 4.73 Å². The number of hydrogen-bond donors (Lipinski definition) is 0. The van der Waals surface area contributed by atoms with Gasteiger partial charge in [0.25, 0.3) is 0 Å². The zero-order chi connectivity index (χ0) is 12.3. The fraction of sp³-hybridized carbons (Fsp3) is 0.200. The first-order valence-corrected chi connectivity index (χ1v) is 5.96. The molecular weight excluding hydrogens is 312 g/mol. The molecule has 0 saturated heterocycles. The Balaban J connectivity index is 2.26. The first-order chi connectivity index (χ1) is 8.20. The number of aromatic nitrogens is 3. The second-order valence-electron chi connectivity index (χ2n) is 3.11. The summed E-state index contributed by atoms with van der Waals surface area (Å²) < 4.78 is 19.4. The topological polar surface area (TPSA) is 39.9 Å². The van der Waals surface area contributed by atoms with Gasteiger partial charge in [0.1, 0.15) is 12.4 Å². The molecule has 1 aromatic heterocycles.